The summed E-state index contributed by atoms with van der Waals surface area (Å²) < 4.78 is 5.15. The summed E-state index contributed by atoms with van der Waals surface area (Å²) in [5.41, 5.74) is -0.973. The largest absolute Gasteiger partial charge is 0.386 e. The van der Waals surface area contributed by atoms with E-state index in [0.29, 0.717) is 26.0 Å². The predicted molar refractivity (Wildman–Crippen MR) is 76.8 cm³/mol. The average Bonchev–Trinajstić information content (AvgIpc) is 3.04. The van der Waals surface area contributed by atoms with E-state index < -0.39 is 11.6 Å². The van der Waals surface area contributed by atoms with Crippen LogP contribution in [0, 0.1) is 0 Å². The second-order valence-electron chi connectivity index (χ2n) is 6.20. The number of likely N-dealkylation sites (tertiary alicyclic amines) is 1. The Balaban J connectivity index is 1.87. The summed E-state index contributed by atoms with van der Waals surface area (Å²) in [6.07, 6.45) is 2.00. The van der Waals surface area contributed by atoms with Crippen molar-refractivity contribution in [2.45, 2.75) is 50.8 Å². The van der Waals surface area contributed by atoms with E-state index in [-0.39, 0.29) is 31.1 Å². The van der Waals surface area contributed by atoms with Crippen molar-refractivity contribution >= 4 is 11.9 Å². The van der Waals surface area contributed by atoms with E-state index in [1.807, 2.05) is 13.8 Å². The standard InChI is InChI=1S/C14H25N3O4/c1-10(2)16-13(19)17-6-3-4-11(17)12(18)15-8-14(20)5-7-21-9-14/h10-11,20H,3-9H2,1-2H3,(H,15,18)(H,16,19)/t11-,14?/m0/s1. The number of urea groups is 1. The van der Waals surface area contributed by atoms with Gasteiger partial charge in [-0.3, -0.25) is 4.79 Å². The maximum absolute atomic E-state index is 12.3. The van der Waals surface area contributed by atoms with Crippen molar-refractivity contribution in [3.8, 4) is 0 Å². The zero-order valence-corrected chi connectivity index (χ0v) is 12.7. The first-order chi connectivity index (χ1) is 9.91. The number of hydrogen-bond donors (Lipinski definition) is 3. The minimum atomic E-state index is -0.973. The van der Waals surface area contributed by atoms with Crippen molar-refractivity contribution in [3.63, 3.8) is 0 Å². The molecule has 3 N–H and O–H groups in total. The molecule has 2 aliphatic rings. The number of carbonyl (C=O) groups is 2. The summed E-state index contributed by atoms with van der Waals surface area (Å²) in [6.45, 7) is 5.29. The van der Waals surface area contributed by atoms with Crippen LogP contribution in [0.1, 0.15) is 33.1 Å². The van der Waals surface area contributed by atoms with Gasteiger partial charge in [0, 0.05) is 32.2 Å². The smallest absolute Gasteiger partial charge is 0.318 e. The lowest BCUT2D eigenvalue weighted by Crippen LogP contribution is -2.53. The van der Waals surface area contributed by atoms with Crippen LogP contribution in [0.15, 0.2) is 0 Å². The summed E-state index contributed by atoms with van der Waals surface area (Å²) in [5, 5.41) is 15.7. The molecule has 2 saturated heterocycles. The highest BCUT2D eigenvalue weighted by Gasteiger charge is 2.37. The van der Waals surface area contributed by atoms with E-state index in [9.17, 15) is 14.7 Å². The molecule has 0 aromatic rings. The van der Waals surface area contributed by atoms with Gasteiger partial charge in [0.1, 0.15) is 11.6 Å². The number of rotatable bonds is 4. The van der Waals surface area contributed by atoms with E-state index in [1.165, 1.54) is 0 Å². The molecule has 1 unspecified atom stereocenters. The SMILES string of the molecule is CC(C)NC(=O)N1CCC[C@H]1C(=O)NCC1(O)CCOC1. The number of aliphatic hydroxyl groups is 1. The van der Waals surface area contributed by atoms with Gasteiger partial charge in [-0.05, 0) is 26.7 Å². The Bertz CT molecular complexity index is 394. The Morgan fingerprint density at radius 2 is 2.24 bits per heavy atom. The molecule has 2 atom stereocenters. The average molecular weight is 299 g/mol. The summed E-state index contributed by atoms with van der Waals surface area (Å²) in [6, 6.07) is -0.613. The fourth-order valence-corrected chi connectivity index (χ4v) is 2.72. The van der Waals surface area contributed by atoms with Crippen molar-refractivity contribution in [3.05, 3.63) is 0 Å². The summed E-state index contributed by atoms with van der Waals surface area (Å²) in [7, 11) is 0. The Kier molecular flexibility index (Phi) is 5.05. The molecule has 2 fully saturated rings. The van der Waals surface area contributed by atoms with Crippen LogP contribution in [-0.4, -0.2) is 65.9 Å². The number of carbonyl (C=O) groups excluding carboxylic acids is 2. The minimum absolute atomic E-state index is 0.0400. The van der Waals surface area contributed by atoms with Gasteiger partial charge in [0.05, 0.1) is 6.61 Å². The molecule has 3 amide bonds. The van der Waals surface area contributed by atoms with Gasteiger partial charge >= 0.3 is 6.03 Å². The van der Waals surface area contributed by atoms with Gasteiger partial charge in [-0.15, -0.1) is 0 Å². The first-order valence-electron chi connectivity index (χ1n) is 7.56. The zero-order valence-electron chi connectivity index (χ0n) is 12.7. The van der Waals surface area contributed by atoms with E-state index in [0.717, 1.165) is 6.42 Å². The highest BCUT2D eigenvalue weighted by molar-refractivity contribution is 5.87. The van der Waals surface area contributed by atoms with Crippen LogP contribution >= 0.6 is 0 Å². The van der Waals surface area contributed by atoms with Gasteiger partial charge < -0.3 is 25.4 Å². The Morgan fingerprint density at radius 1 is 1.48 bits per heavy atom. The molecule has 120 valence electrons. The zero-order chi connectivity index (χ0) is 15.5. The normalized spacial score (nSPS) is 29.0. The third-order valence-electron chi connectivity index (χ3n) is 3.90. The summed E-state index contributed by atoms with van der Waals surface area (Å²) in [4.78, 5) is 25.9. The van der Waals surface area contributed by atoms with Crippen molar-refractivity contribution in [2.75, 3.05) is 26.3 Å². The van der Waals surface area contributed by atoms with Crippen LogP contribution in [0.25, 0.3) is 0 Å². The van der Waals surface area contributed by atoms with Crippen LogP contribution in [-0.2, 0) is 9.53 Å². The molecular formula is C14H25N3O4. The summed E-state index contributed by atoms with van der Waals surface area (Å²) in [5.74, 6) is -0.202. The molecular weight excluding hydrogens is 274 g/mol. The van der Waals surface area contributed by atoms with Gasteiger partial charge in [0.25, 0.3) is 0 Å². The van der Waals surface area contributed by atoms with Crippen LogP contribution in [0.4, 0.5) is 4.79 Å². The number of nitrogens with zero attached hydrogens (tertiary/aromatic N) is 1. The second-order valence-corrected chi connectivity index (χ2v) is 6.20. The van der Waals surface area contributed by atoms with Crippen LogP contribution in [0.5, 0.6) is 0 Å². The molecule has 2 aliphatic heterocycles. The summed E-state index contributed by atoms with van der Waals surface area (Å²) >= 11 is 0. The Hall–Kier alpha value is -1.34. The van der Waals surface area contributed by atoms with Gasteiger partial charge in [0.15, 0.2) is 0 Å². The predicted octanol–water partition coefficient (Wildman–Crippen LogP) is -0.164. The van der Waals surface area contributed by atoms with Crippen molar-refractivity contribution in [1.29, 1.82) is 0 Å². The number of ether oxygens (including phenoxy) is 1. The maximum atomic E-state index is 12.3. The van der Waals surface area contributed by atoms with Crippen molar-refractivity contribution < 1.29 is 19.4 Å². The monoisotopic (exact) mass is 299 g/mol. The number of amides is 3. The molecule has 0 radical (unpaired) electrons. The Labute approximate surface area is 125 Å². The fourth-order valence-electron chi connectivity index (χ4n) is 2.72. The van der Waals surface area contributed by atoms with E-state index in [2.05, 4.69) is 10.6 Å². The molecule has 0 bridgehead atoms. The second kappa shape index (κ2) is 6.62. The minimum Gasteiger partial charge on any atom is -0.386 e. The van der Waals surface area contributed by atoms with Crippen LogP contribution in [0.2, 0.25) is 0 Å². The molecule has 0 saturated carbocycles. The number of hydrogen-bond acceptors (Lipinski definition) is 4. The van der Waals surface area contributed by atoms with E-state index in [1.54, 1.807) is 4.90 Å². The molecule has 0 spiro atoms. The van der Waals surface area contributed by atoms with Gasteiger partial charge in [-0.1, -0.05) is 0 Å². The van der Waals surface area contributed by atoms with Crippen molar-refractivity contribution in [2.24, 2.45) is 0 Å². The van der Waals surface area contributed by atoms with Gasteiger partial charge in [-0.25, -0.2) is 4.79 Å². The van der Waals surface area contributed by atoms with Gasteiger partial charge in [-0.2, -0.15) is 0 Å². The molecule has 0 aromatic carbocycles. The molecule has 21 heavy (non-hydrogen) atoms. The highest BCUT2D eigenvalue weighted by atomic mass is 16.5. The first-order valence-corrected chi connectivity index (χ1v) is 7.56. The topological polar surface area (TPSA) is 90.9 Å². The van der Waals surface area contributed by atoms with Gasteiger partial charge in [0.2, 0.25) is 5.91 Å². The highest BCUT2D eigenvalue weighted by Crippen LogP contribution is 2.20. The van der Waals surface area contributed by atoms with Crippen molar-refractivity contribution in [1.82, 2.24) is 15.5 Å². The van der Waals surface area contributed by atoms with E-state index >= 15 is 0 Å². The Morgan fingerprint density at radius 3 is 2.86 bits per heavy atom. The van der Waals surface area contributed by atoms with E-state index in [4.69, 9.17) is 4.74 Å². The quantitative estimate of drug-likeness (QED) is 0.672. The third-order valence-corrected chi connectivity index (χ3v) is 3.90. The lowest BCUT2D eigenvalue weighted by Gasteiger charge is -2.27. The lowest BCUT2D eigenvalue weighted by molar-refractivity contribution is -0.126. The maximum Gasteiger partial charge on any atom is 0.318 e. The first kappa shape index (κ1) is 16.0. The molecule has 0 aliphatic carbocycles. The van der Waals surface area contributed by atoms with Crippen LogP contribution in [0.3, 0.4) is 0 Å². The third kappa shape index (κ3) is 4.07. The molecule has 2 rings (SSSR count). The molecule has 7 heteroatoms. The lowest BCUT2D eigenvalue weighted by atomic mass is 10.0. The number of nitrogens with one attached hydrogen (secondary N) is 2. The molecule has 7 nitrogen and oxygen atoms in total. The molecule has 2 heterocycles. The molecule has 0 aromatic heterocycles. The van der Waals surface area contributed by atoms with Crippen LogP contribution < -0.4 is 10.6 Å². The fraction of sp³-hybridized carbons (Fsp3) is 0.857.